The average Bonchev–Trinajstić information content (AvgIpc) is 3.13. The van der Waals surface area contributed by atoms with Gasteiger partial charge in [0.1, 0.15) is 10.8 Å². The lowest BCUT2D eigenvalue weighted by molar-refractivity contribution is 0.180. The zero-order chi connectivity index (χ0) is 21.4. The van der Waals surface area contributed by atoms with E-state index >= 15 is 0 Å². The molecule has 1 heterocycles. The molecule has 3 N–H and O–H groups in total. The Kier molecular flexibility index (Phi) is 8.46. The molecule has 7 heteroatoms. The maximum absolute atomic E-state index is 10.5. The number of benzene rings is 1. The first-order valence-electron chi connectivity index (χ1n) is 10.1. The van der Waals surface area contributed by atoms with Gasteiger partial charge in [0.05, 0.1) is 24.4 Å². The van der Waals surface area contributed by atoms with Crippen LogP contribution in [0.5, 0.6) is 5.75 Å². The summed E-state index contributed by atoms with van der Waals surface area (Å²) in [6.45, 7) is 14.1. The third-order valence-electron chi connectivity index (χ3n) is 4.14. The van der Waals surface area contributed by atoms with Crippen molar-refractivity contribution in [3.8, 4) is 5.75 Å². The van der Waals surface area contributed by atoms with Crippen LogP contribution in [-0.2, 0) is 12.0 Å². The van der Waals surface area contributed by atoms with Crippen molar-refractivity contribution in [2.24, 2.45) is 4.99 Å². The summed E-state index contributed by atoms with van der Waals surface area (Å²) in [7, 11) is 0. The van der Waals surface area contributed by atoms with Crippen molar-refractivity contribution in [3.05, 3.63) is 45.9 Å². The summed E-state index contributed by atoms with van der Waals surface area (Å²) in [5, 5.41) is 20.0. The van der Waals surface area contributed by atoms with Crippen LogP contribution in [-0.4, -0.2) is 35.2 Å². The normalized spacial score (nSPS) is 13.4. The van der Waals surface area contributed by atoms with E-state index in [9.17, 15) is 5.11 Å². The highest BCUT2D eigenvalue weighted by Gasteiger charge is 2.17. The van der Waals surface area contributed by atoms with E-state index in [1.165, 1.54) is 0 Å². The van der Waals surface area contributed by atoms with Crippen molar-refractivity contribution < 1.29 is 9.84 Å². The maximum atomic E-state index is 10.5. The number of hydrogen-bond donors (Lipinski definition) is 3. The van der Waals surface area contributed by atoms with Crippen LogP contribution in [0.4, 0.5) is 0 Å². The molecule has 2 rings (SSSR count). The standard InChI is InChI=1S/C22H34N4O2S/c1-7-23-21(25-13-20-26-19(14-29-20)22(4,5)6)24-12-18(27)16-8-10-17(11-9-16)28-15(2)3/h8-11,14-15,18,27H,7,12-13H2,1-6H3,(H2,23,24,25). The molecule has 6 nitrogen and oxygen atoms in total. The van der Waals surface area contributed by atoms with Crippen LogP contribution in [0.1, 0.15) is 63.9 Å². The van der Waals surface area contributed by atoms with Gasteiger partial charge in [0.2, 0.25) is 0 Å². The summed E-state index contributed by atoms with van der Waals surface area (Å²) in [4.78, 5) is 9.28. The minimum atomic E-state index is -0.640. The zero-order valence-corrected chi connectivity index (χ0v) is 19.1. The predicted octanol–water partition coefficient (Wildman–Crippen LogP) is 4.02. The Morgan fingerprint density at radius 1 is 1.21 bits per heavy atom. The fraction of sp³-hybridized carbons (Fsp3) is 0.545. The number of nitrogens with one attached hydrogen (secondary N) is 2. The summed E-state index contributed by atoms with van der Waals surface area (Å²) < 4.78 is 5.64. The highest BCUT2D eigenvalue weighted by atomic mass is 32.1. The zero-order valence-electron chi connectivity index (χ0n) is 18.3. The van der Waals surface area contributed by atoms with Crippen LogP contribution >= 0.6 is 11.3 Å². The van der Waals surface area contributed by atoms with E-state index < -0.39 is 6.10 Å². The first-order chi connectivity index (χ1) is 13.7. The number of aliphatic hydroxyl groups is 1. The molecule has 0 spiro atoms. The molecule has 29 heavy (non-hydrogen) atoms. The minimum Gasteiger partial charge on any atom is -0.491 e. The quantitative estimate of drug-likeness (QED) is 0.446. The van der Waals surface area contributed by atoms with Crippen LogP contribution < -0.4 is 15.4 Å². The lowest BCUT2D eigenvalue weighted by Gasteiger charge is -2.16. The van der Waals surface area contributed by atoms with Gasteiger partial charge >= 0.3 is 0 Å². The minimum absolute atomic E-state index is 0.0427. The highest BCUT2D eigenvalue weighted by Crippen LogP contribution is 2.24. The van der Waals surface area contributed by atoms with Crippen LogP contribution in [0.15, 0.2) is 34.6 Å². The third-order valence-corrected chi connectivity index (χ3v) is 4.97. The molecule has 0 aliphatic carbocycles. The molecule has 160 valence electrons. The average molecular weight is 419 g/mol. The first kappa shape index (κ1) is 23.2. The van der Waals surface area contributed by atoms with Crippen molar-refractivity contribution in [1.29, 1.82) is 0 Å². The summed E-state index contributed by atoms with van der Waals surface area (Å²) in [6, 6.07) is 7.54. The fourth-order valence-corrected chi connectivity index (χ4v) is 3.51. The lowest BCUT2D eigenvalue weighted by atomic mass is 9.93. The molecule has 0 saturated heterocycles. The number of aliphatic hydroxyl groups excluding tert-OH is 1. The van der Waals surface area contributed by atoms with E-state index in [1.807, 2.05) is 45.0 Å². The van der Waals surface area contributed by atoms with Crippen molar-refractivity contribution in [1.82, 2.24) is 15.6 Å². The van der Waals surface area contributed by atoms with Crippen molar-refractivity contribution in [3.63, 3.8) is 0 Å². The predicted molar refractivity (Wildman–Crippen MR) is 121 cm³/mol. The van der Waals surface area contributed by atoms with Gasteiger partial charge in [-0.15, -0.1) is 11.3 Å². The molecule has 1 atom stereocenters. The SMILES string of the molecule is CCNC(=NCc1nc(C(C)(C)C)cs1)NCC(O)c1ccc(OC(C)C)cc1. The van der Waals surface area contributed by atoms with E-state index in [-0.39, 0.29) is 11.5 Å². The van der Waals surface area contributed by atoms with E-state index in [1.54, 1.807) is 11.3 Å². The number of ether oxygens (including phenoxy) is 1. The first-order valence-corrected chi connectivity index (χ1v) is 11.0. The van der Waals surface area contributed by atoms with E-state index in [2.05, 4.69) is 46.8 Å². The summed E-state index contributed by atoms with van der Waals surface area (Å²) in [5.41, 5.74) is 1.96. The van der Waals surface area contributed by atoms with E-state index in [4.69, 9.17) is 4.74 Å². The number of guanidine groups is 1. The van der Waals surface area contributed by atoms with Gasteiger partial charge in [-0.3, -0.25) is 0 Å². The molecule has 1 aromatic heterocycles. The summed E-state index contributed by atoms with van der Waals surface area (Å²) >= 11 is 1.63. The topological polar surface area (TPSA) is 78.8 Å². The molecule has 0 aliphatic heterocycles. The van der Waals surface area contributed by atoms with Crippen LogP contribution in [0.2, 0.25) is 0 Å². The van der Waals surface area contributed by atoms with Crippen molar-refractivity contribution >= 4 is 17.3 Å². The molecule has 1 unspecified atom stereocenters. The molecule has 2 aromatic rings. The molecule has 0 radical (unpaired) electrons. The number of aliphatic imine (C=N–C) groups is 1. The highest BCUT2D eigenvalue weighted by molar-refractivity contribution is 7.09. The van der Waals surface area contributed by atoms with Gasteiger partial charge in [0.15, 0.2) is 5.96 Å². The Bertz CT molecular complexity index is 779. The van der Waals surface area contributed by atoms with Crippen molar-refractivity contribution in [2.45, 2.75) is 65.7 Å². The largest absolute Gasteiger partial charge is 0.491 e. The van der Waals surface area contributed by atoms with Crippen LogP contribution in [0, 0.1) is 0 Å². The Labute approximate surface area is 178 Å². The van der Waals surface area contributed by atoms with Gasteiger partial charge in [-0.2, -0.15) is 0 Å². The molecular formula is C22H34N4O2S. The number of nitrogens with zero attached hydrogens (tertiary/aromatic N) is 2. The Morgan fingerprint density at radius 3 is 2.45 bits per heavy atom. The smallest absolute Gasteiger partial charge is 0.191 e. The second-order valence-corrected chi connectivity index (χ2v) is 9.15. The van der Waals surface area contributed by atoms with E-state index in [0.29, 0.717) is 19.0 Å². The molecule has 1 aromatic carbocycles. The number of aromatic nitrogens is 1. The number of rotatable bonds is 8. The molecular weight excluding hydrogens is 384 g/mol. The Balaban J connectivity index is 1.94. The van der Waals surface area contributed by atoms with E-state index in [0.717, 1.165) is 28.6 Å². The van der Waals surface area contributed by atoms with Crippen LogP contribution in [0.3, 0.4) is 0 Å². The third kappa shape index (κ3) is 7.66. The lowest BCUT2D eigenvalue weighted by Crippen LogP contribution is -2.39. The number of hydrogen-bond acceptors (Lipinski definition) is 5. The second-order valence-electron chi connectivity index (χ2n) is 8.20. The van der Waals surface area contributed by atoms with Gasteiger partial charge in [-0.25, -0.2) is 9.98 Å². The van der Waals surface area contributed by atoms with Gasteiger partial charge in [-0.1, -0.05) is 32.9 Å². The summed E-state index contributed by atoms with van der Waals surface area (Å²) in [6.07, 6.45) is -0.511. The molecule has 0 aliphatic rings. The van der Waals surface area contributed by atoms with Crippen LogP contribution in [0.25, 0.3) is 0 Å². The molecule has 0 fully saturated rings. The maximum Gasteiger partial charge on any atom is 0.191 e. The summed E-state index contributed by atoms with van der Waals surface area (Å²) in [5.74, 6) is 1.47. The monoisotopic (exact) mass is 418 g/mol. The Hall–Kier alpha value is -2.12. The molecule has 0 amide bonds. The fourth-order valence-electron chi connectivity index (χ4n) is 2.57. The van der Waals surface area contributed by atoms with Gasteiger partial charge in [0, 0.05) is 23.9 Å². The number of thiazole rings is 1. The Morgan fingerprint density at radius 2 is 1.90 bits per heavy atom. The molecule has 0 saturated carbocycles. The second kappa shape index (κ2) is 10.6. The molecule has 0 bridgehead atoms. The van der Waals surface area contributed by atoms with Gasteiger partial charge < -0.3 is 20.5 Å². The van der Waals surface area contributed by atoms with Gasteiger partial charge in [-0.05, 0) is 38.5 Å². The van der Waals surface area contributed by atoms with Crippen molar-refractivity contribution in [2.75, 3.05) is 13.1 Å². The van der Waals surface area contributed by atoms with Gasteiger partial charge in [0.25, 0.3) is 0 Å².